The van der Waals surface area contributed by atoms with Crippen molar-refractivity contribution in [1.82, 2.24) is 0 Å². The van der Waals surface area contributed by atoms with Gasteiger partial charge in [-0.25, -0.2) is 0 Å². The number of ether oxygens (including phenoxy) is 2. The van der Waals surface area contributed by atoms with E-state index in [1.54, 1.807) is 0 Å². The predicted molar refractivity (Wildman–Crippen MR) is 97.6 cm³/mol. The lowest BCUT2D eigenvalue weighted by Crippen LogP contribution is -2.15. The van der Waals surface area contributed by atoms with Crippen LogP contribution in [0, 0.1) is 0 Å². The predicted octanol–water partition coefficient (Wildman–Crippen LogP) is 4.67. The van der Waals surface area contributed by atoms with Gasteiger partial charge in [-0.3, -0.25) is 0 Å². The van der Waals surface area contributed by atoms with Crippen molar-refractivity contribution in [2.45, 2.75) is 31.6 Å². The summed E-state index contributed by atoms with van der Waals surface area (Å²) in [4.78, 5) is 2.23. The smallest absolute Gasteiger partial charge is 0.124 e. The Kier molecular flexibility index (Phi) is 4.44. The minimum absolute atomic E-state index is 0.648. The van der Waals surface area contributed by atoms with E-state index < -0.39 is 0 Å². The normalized spacial score (nSPS) is 17.9. The van der Waals surface area contributed by atoms with Gasteiger partial charge in [-0.1, -0.05) is 18.2 Å². The Morgan fingerprint density at radius 2 is 1.67 bits per heavy atom. The highest BCUT2D eigenvalue weighted by molar-refractivity contribution is 5.65. The summed E-state index contributed by atoms with van der Waals surface area (Å²) in [5.41, 5.74) is 5.15. The lowest BCUT2D eigenvalue weighted by atomic mass is 9.91. The van der Waals surface area contributed by atoms with Gasteiger partial charge in [0.05, 0.1) is 6.61 Å². The van der Waals surface area contributed by atoms with Gasteiger partial charge in [-0.2, -0.15) is 0 Å². The summed E-state index contributed by atoms with van der Waals surface area (Å²) in [5, 5.41) is 0. The zero-order valence-electron chi connectivity index (χ0n) is 14.3. The van der Waals surface area contributed by atoms with Crippen LogP contribution in [0.3, 0.4) is 0 Å². The molecule has 2 aliphatic heterocycles. The van der Waals surface area contributed by atoms with E-state index in [0.717, 1.165) is 51.3 Å². The molecular weight excluding hydrogens is 298 g/mol. The molecule has 2 aromatic rings. The molecule has 4 rings (SSSR count). The topological polar surface area (TPSA) is 21.7 Å². The van der Waals surface area contributed by atoms with Crippen molar-refractivity contribution in [2.75, 3.05) is 31.8 Å². The molecule has 0 atom stereocenters. The van der Waals surface area contributed by atoms with Crippen molar-refractivity contribution in [2.24, 2.45) is 0 Å². The molecule has 3 nitrogen and oxygen atoms in total. The first kappa shape index (κ1) is 15.5. The minimum Gasteiger partial charge on any atom is -0.493 e. The Hall–Kier alpha value is -2.00. The molecule has 0 radical (unpaired) electrons. The molecule has 0 bridgehead atoms. The van der Waals surface area contributed by atoms with Gasteiger partial charge in [-0.15, -0.1) is 0 Å². The Morgan fingerprint density at radius 3 is 2.46 bits per heavy atom. The molecule has 2 aromatic carbocycles. The van der Waals surface area contributed by atoms with Gasteiger partial charge in [0.15, 0.2) is 0 Å². The largest absolute Gasteiger partial charge is 0.493 e. The van der Waals surface area contributed by atoms with E-state index in [1.165, 1.54) is 22.5 Å². The second-order valence-corrected chi connectivity index (χ2v) is 6.78. The zero-order chi connectivity index (χ0) is 16.4. The van der Waals surface area contributed by atoms with E-state index in [9.17, 15) is 0 Å². The Bertz CT molecular complexity index is 689. The summed E-state index contributed by atoms with van der Waals surface area (Å²) in [5.74, 6) is 1.69. The fourth-order valence-corrected chi connectivity index (χ4v) is 3.69. The highest BCUT2D eigenvalue weighted by atomic mass is 16.5. The molecular formula is C21H25NO2. The maximum atomic E-state index is 5.81. The molecule has 0 aliphatic carbocycles. The molecule has 1 fully saturated rings. The van der Waals surface area contributed by atoms with Crippen LogP contribution in [0.2, 0.25) is 0 Å². The highest BCUT2D eigenvalue weighted by Gasteiger charge is 2.16. The van der Waals surface area contributed by atoms with Crippen LogP contribution < -0.4 is 9.64 Å². The number of aryl methyl sites for hydroxylation is 1. The van der Waals surface area contributed by atoms with E-state index in [1.807, 2.05) is 0 Å². The fourth-order valence-electron chi connectivity index (χ4n) is 3.69. The van der Waals surface area contributed by atoms with Gasteiger partial charge >= 0.3 is 0 Å². The first-order valence-electron chi connectivity index (χ1n) is 8.98. The number of hydrogen-bond acceptors (Lipinski definition) is 3. The van der Waals surface area contributed by atoms with E-state index in [2.05, 4.69) is 54.4 Å². The van der Waals surface area contributed by atoms with Crippen LogP contribution >= 0.6 is 0 Å². The Labute approximate surface area is 144 Å². The molecule has 1 saturated heterocycles. The third-order valence-corrected chi connectivity index (χ3v) is 5.26. The van der Waals surface area contributed by atoms with Crippen molar-refractivity contribution < 1.29 is 9.47 Å². The van der Waals surface area contributed by atoms with Gasteiger partial charge in [0.2, 0.25) is 0 Å². The second-order valence-electron chi connectivity index (χ2n) is 6.78. The van der Waals surface area contributed by atoms with Crippen molar-refractivity contribution in [3.63, 3.8) is 0 Å². The number of anilines is 2. The molecule has 0 unspecified atom stereocenters. The number of fused-ring (bicyclic) bond motifs is 1. The molecule has 126 valence electrons. The quantitative estimate of drug-likeness (QED) is 0.819. The zero-order valence-corrected chi connectivity index (χ0v) is 14.3. The summed E-state index contributed by atoms with van der Waals surface area (Å²) >= 11 is 0. The second kappa shape index (κ2) is 6.86. The number of hydrogen-bond donors (Lipinski definition) is 0. The van der Waals surface area contributed by atoms with Gasteiger partial charge in [0.25, 0.3) is 0 Å². The standard InChI is InChI=1S/C21H25NO2/c1-22(20-9-6-18-3-2-12-24-21(18)15-20)19-7-4-16(5-8-19)17-10-13-23-14-11-17/h4-9,15,17H,2-3,10-14H2,1H3. The summed E-state index contributed by atoms with van der Waals surface area (Å²) < 4.78 is 11.3. The fraction of sp³-hybridized carbons (Fsp3) is 0.429. The first-order chi connectivity index (χ1) is 11.8. The Morgan fingerprint density at radius 1 is 0.917 bits per heavy atom. The molecule has 0 N–H and O–H groups in total. The number of rotatable bonds is 3. The average Bonchev–Trinajstić information content (AvgIpc) is 2.68. The molecule has 24 heavy (non-hydrogen) atoms. The van der Waals surface area contributed by atoms with Gasteiger partial charge in [0.1, 0.15) is 5.75 Å². The lowest BCUT2D eigenvalue weighted by Gasteiger charge is -2.25. The SMILES string of the molecule is CN(c1ccc(C2CCOCC2)cc1)c1ccc2c(c1)OCCC2. The third kappa shape index (κ3) is 3.13. The molecule has 2 heterocycles. The van der Waals surface area contributed by atoms with Crippen LogP contribution in [-0.2, 0) is 11.2 Å². The lowest BCUT2D eigenvalue weighted by molar-refractivity contribution is 0.0853. The van der Waals surface area contributed by atoms with E-state index >= 15 is 0 Å². The van der Waals surface area contributed by atoms with Crippen LogP contribution in [0.15, 0.2) is 42.5 Å². The molecule has 0 amide bonds. The van der Waals surface area contributed by atoms with Crippen LogP contribution in [0.4, 0.5) is 11.4 Å². The highest BCUT2D eigenvalue weighted by Crippen LogP contribution is 2.33. The summed E-state index contributed by atoms with van der Waals surface area (Å²) in [6, 6.07) is 15.6. The van der Waals surface area contributed by atoms with Gasteiger partial charge in [0, 0.05) is 37.7 Å². The molecule has 0 aromatic heterocycles. The van der Waals surface area contributed by atoms with Gasteiger partial charge in [-0.05, 0) is 60.9 Å². The summed E-state index contributed by atoms with van der Waals surface area (Å²) in [7, 11) is 2.12. The summed E-state index contributed by atoms with van der Waals surface area (Å²) in [6.45, 7) is 2.61. The maximum absolute atomic E-state index is 5.81. The van der Waals surface area contributed by atoms with Crippen LogP contribution in [0.1, 0.15) is 36.3 Å². The first-order valence-corrected chi connectivity index (χ1v) is 8.98. The van der Waals surface area contributed by atoms with Gasteiger partial charge < -0.3 is 14.4 Å². The van der Waals surface area contributed by atoms with Crippen molar-refractivity contribution in [1.29, 1.82) is 0 Å². The average molecular weight is 323 g/mol. The molecule has 0 saturated carbocycles. The molecule has 2 aliphatic rings. The Balaban J connectivity index is 1.52. The van der Waals surface area contributed by atoms with Crippen molar-refractivity contribution in [3.8, 4) is 5.75 Å². The van der Waals surface area contributed by atoms with Crippen molar-refractivity contribution >= 4 is 11.4 Å². The minimum atomic E-state index is 0.648. The summed E-state index contributed by atoms with van der Waals surface area (Å²) in [6.07, 6.45) is 4.52. The van der Waals surface area contributed by atoms with E-state index in [-0.39, 0.29) is 0 Å². The van der Waals surface area contributed by atoms with E-state index in [4.69, 9.17) is 9.47 Å². The molecule has 0 spiro atoms. The monoisotopic (exact) mass is 323 g/mol. The number of nitrogens with zero attached hydrogens (tertiary/aromatic N) is 1. The van der Waals surface area contributed by atoms with Crippen molar-refractivity contribution in [3.05, 3.63) is 53.6 Å². The maximum Gasteiger partial charge on any atom is 0.124 e. The molecule has 3 heteroatoms. The third-order valence-electron chi connectivity index (χ3n) is 5.26. The van der Waals surface area contributed by atoms with Crippen LogP contribution in [0.5, 0.6) is 5.75 Å². The van der Waals surface area contributed by atoms with E-state index in [0.29, 0.717) is 5.92 Å². The van der Waals surface area contributed by atoms with Crippen LogP contribution in [-0.4, -0.2) is 26.9 Å². The van der Waals surface area contributed by atoms with Crippen LogP contribution in [0.25, 0.3) is 0 Å². The number of benzene rings is 2.